The number of hydrogen-bond donors (Lipinski definition) is 1. The lowest BCUT2D eigenvalue weighted by Crippen LogP contribution is -2.20. The van der Waals surface area contributed by atoms with E-state index in [1.54, 1.807) is 13.1 Å². The molecule has 0 aliphatic heterocycles. The largest absolute Gasteiger partial charge is 0.428 e. The Morgan fingerprint density at radius 1 is 1.60 bits per heavy atom. The molecule has 0 fully saturated rings. The normalized spacial score (nSPS) is 13.7. The van der Waals surface area contributed by atoms with Crippen molar-refractivity contribution in [3.05, 3.63) is 12.0 Å². The molecule has 1 aromatic heterocycles. The summed E-state index contributed by atoms with van der Waals surface area (Å²) in [6.07, 6.45) is 1.63. The molecule has 0 aliphatic rings. The second-order valence-electron chi connectivity index (χ2n) is 4.38. The molecule has 1 N–H and O–H groups in total. The molecule has 0 aliphatic carbocycles. The van der Waals surface area contributed by atoms with Crippen LogP contribution in [0, 0.1) is 0 Å². The number of halogens is 1. The van der Waals surface area contributed by atoms with Gasteiger partial charge < -0.3 is 4.42 Å². The van der Waals surface area contributed by atoms with Gasteiger partial charge in [-0.15, -0.1) is 0 Å². The molecule has 15 heavy (non-hydrogen) atoms. The van der Waals surface area contributed by atoms with Gasteiger partial charge in [0, 0.05) is 5.41 Å². The van der Waals surface area contributed by atoms with E-state index in [1.807, 2.05) is 20.8 Å². The fourth-order valence-electron chi connectivity index (χ4n) is 0.883. The van der Waals surface area contributed by atoms with Gasteiger partial charge in [-0.2, -0.15) is 0 Å². The van der Waals surface area contributed by atoms with Crippen LogP contribution >= 0.6 is 15.9 Å². The number of carbonyl (C=O) groups excluding carboxylic acids is 1. The number of hydrogen-bond acceptors (Lipinski definition) is 3. The maximum Gasteiger partial charge on any atom is 0.301 e. The lowest BCUT2D eigenvalue weighted by molar-refractivity contribution is -0.115. The smallest absolute Gasteiger partial charge is 0.301 e. The summed E-state index contributed by atoms with van der Waals surface area (Å²) in [5.74, 6) is 0.581. The van der Waals surface area contributed by atoms with E-state index >= 15 is 0 Å². The number of oxazole rings is 1. The fourth-order valence-corrected chi connectivity index (χ4v) is 0.998. The van der Waals surface area contributed by atoms with Gasteiger partial charge in [-0.25, -0.2) is 4.98 Å². The molecule has 0 aromatic carbocycles. The molecular weight excluding hydrogens is 260 g/mol. The summed E-state index contributed by atoms with van der Waals surface area (Å²) in [4.78, 5) is 15.0. The minimum Gasteiger partial charge on any atom is -0.428 e. The molecule has 5 heteroatoms. The molecule has 0 saturated heterocycles. The van der Waals surface area contributed by atoms with E-state index in [1.165, 1.54) is 0 Å². The zero-order valence-corrected chi connectivity index (χ0v) is 10.9. The van der Waals surface area contributed by atoms with Gasteiger partial charge in [0.15, 0.2) is 0 Å². The first-order chi connectivity index (χ1) is 6.80. The number of nitrogens with one attached hydrogen (secondary N) is 1. The number of aromatic nitrogens is 1. The molecule has 4 nitrogen and oxygen atoms in total. The summed E-state index contributed by atoms with van der Waals surface area (Å²) >= 11 is 3.16. The number of carbonyl (C=O) groups is 1. The van der Waals surface area contributed by atoms with E-state index in [0.717, 1.165) is 5.76 Å². The topological polar surface area (TPSA) is 55.1 Å². The average molecular weight is 275 g/mol. The van der Waals surface area contributed by atoms with Crippen molar-refractivity contribution < 1.29 is 9.21 Å². The van der Waals surface area contributed by atoms with Gasteiger partial charge in [-0.1, -0.05) is 36.7 Å². The van der Waals surface area contributed by atoms with Crippen LogP contribution in [0.2, 0.25) is 0 Å². The van der Waals surface area contributed by atoms with Crippen LogP contribution in [0.1, 0.15) is 33.5 Å². The maximum absolute atomic E-state index is 11.3. The van der Waals surface area contributed by atoms with Crippen LogP contribution in [0.15, 0.2) is 10.6 Å². The van der Waals surface area contributed by atoms with Gasteiger partial charge in [0.2, 0.25) is 5.91 Å². The lowest BCUT2D eigenvalue weighted by atomic mass is 9.94. The molecular formula is C10H15BrN2O2. The number of alkyl halides is 1. The van der Waals surface area contributed by atoms with Gasteiger partial charge >= 0.3 is 6.01 Å². The summed E-state index contributed by atoms with van der Waals surface area (Å²) in [7, 11) is 0. The van der Waals surface area contributed by atoms with Gasteiger partial charge in [0.05, 0.1) is 11.0 Å². The second-order valence-corrected chi connectivity index (χ2v) is 5.76. The third kappa shape index (κ3) is 3.34. The Hall–Kier alpha value is -0.840. The average Bonchev–Trinajstić information content (AvgIpc) is 2.51. The van der Waals surface area contributed by atoms with Crippen molar-refractivity contribution in [3.8, 4) is 0 Å². The highest BCUT2D eigenvalue weighted by molar-refractivity contribution is 9.10. The zero-order valence-electron chi connectivity index (χ0n) is 9.30. The number of rotatable bonds is 2. The van der Waals surface area contributed by atoms with E-state index < -0.39 is 0 Å². The highest BCUT2D eigenvalue weighted by Gasteiger charge is 2.20. The summed E-state index contributed by atoms with van der Waals surface area (Å²) in [6.45, 7) is 7.80. The first kappa shape index (κ1) is 12.2. The standard InChI is InChI=1S/C10H15BrN2O2/c1-6(11)8(14)13-9-12-5-7(15-9)10(2,3)4/h5-6H,1-4H3,(H,12,13,14). The van der Waals surface area contributed by atoms with E-state index in [0.29, 0.717) is 0 Å². The van der Waals surface area contributed by atoms with E-state index in [4.69, 9.17) is 4.42 Å². The highest BCUT2D eigenvalue weighted by Crippen LogP contribution is 2.24. The predicted octanol–water partition coefficient (Wildman–Crippen LogP) is 2.69. The SMILES string of the molecule is CC(Br)C(=O)Nc1ncc(C(C)(C)C)o1. The Labute approximate surface area is 97.6 Å². The second kappa shape index (κ2) is 4.35. The Kier molecular flexibility index (Phi) is 3.54. The summed E-state index contributed by atoms with van der Waals surface area (Å²) in [6, 6.07) is 0.247. The molecule has 1 aromatic rings. The number of amides is 1. The van der Waals surface area contributed by atoms with Crippen LogP contribution in [0.25, 0.3) is 0 Å². The van der Waals surface area contributed by atoms with Gasteiger partial charge in [0.1, 0.15) is 5.76 Å². The van der Waals surface area contributed by atoms with Crippen molar-refractivity contribution in [2.45, 2.75) is 37.9 Å². The monoisotopic (exact) mass is 274 g/mol. The van der Waals surface area contributed by atoms with Crippen molar-refractivity contribution in [2.75, 3.05) is 5.32 Å². The Morgan fingerprint density at radius 2 is 2.20 bits per heavy atom. The van der Waals surface area contributed by atoms with Crippen LogP contribution in [-0.4, -0.2) is 15.7 Å². The minimum absolute atomic E-state index is 0.101. The van der Waals surface area contributed by atoms with E-state index in [9.17, 15) is 4.79 Å². The molecule has 1 rings (SSSR count). The lowest BCUT2D eigenvalue weighted by Gasteiger charge is -2.13. The maximum atomic E-state index is 11.3. The first-order valence-electron chi connectivity index (χ1n) is 4.72. The molecule has 0 bridgehead atoms. The van der Waals surface area contributed by atoms with Gasteiger partial charge in [-0.3, -0.25) is 10.1 Å². The molecule has 0 spiro atoms. The van der Waals surface area contributed by atoms with Crippen LogP contribution in [0.3, 0.4) is 0 Å². The highest BCUT2D eigenvalue weighted by atomic mass is 79.9. The van der Waals surface area contributed by atoms with Crippen molar-refractivity contribution >= 4 is 27.9 Å². The third-order valence-electron chi connectivity index (χ3n) is 1.84. The van der Waals surface area contributed by atoms with Crippen LogP contribution in [-0.2, 0) is 10.2 Å². The van der Waals surface area contributed by atoms with Crippen molar-refractivity contribution in [1.82, 2.24) is 4.98 Å². The molecule has 1 unspecified atom stereocenters. The number of anilines is 1. The Morgan fingerprint density at radius 3 is 2.60 bits per heavy atom. The van der Waals surface area contributed by atoms with Crippen LogP contribution in [0.5, 0.6) is 0 Å². The van der Waals surface area contributed by atoms with Crippen LogP contribution in [0.4, 0.5) is 6.01 Å². The van der Waals surface area contributed by atoms with Crippen molar-refractivity contribution in [1.29, 1.82) is 0 Å². The predicted molar refractivity (Wildman–Crippen MR) is 62.2 cm³/mol. The Bertz CT molecular complexity index is 353. The third-order valence-corrected chi connectivity index (χ3v) is 2.25. The number of nitrogens with zero attached hydrogens (tertiary/aromatic N) is 1. The summed E-state index contributed by atoms with van der Waals surface area (Å²) in [5, 5.41) is 2.57. The minimum atomic E-state index is -0.262. The fraction of sp³-hybridized carbons (Fsp3) is 0.600. The van der Waals surface area contributed by atoms with Gasteiger partial charge in [-0.05, 0) is 6.92 Å². The molecule has 1 heterocycles. The summed E-state index contributed by atoms with van der Waals surface area (Å²) in [5.41, 5.74) is -0.101. The summed E-state index contributed by atoms with van der Waals surface area (Å²) < 4.78 is 5.40. The Balaban J connectivity index is 2.73. The van der Waals surface area contributed by atoms with Crippen molar-refractivity contribution in [2.24, 2.45) is 0 Å². The van der Waals surface area contributed by atoms with Crippen LogP contribution < -0.4 is 5.32 Å². The quantitative estimate of drug-likeness (QED) is 0.844. The molecule has 1 atom stereocenters. The van der Waals surface area contributed by atoms with E-state index in [-0.39, 0.29) is 22.2 Å². The molecule has 0 radical (unpaired) electrons. The molecule has 1 amide bonds. The molecule has 84 valence electrons. The first-order valence-corrected chi connectivity index (χ1v) is 5.63. The zero-order chi connectivity index (χ0) is 11.6. The van der Waals surface area contributed by atoms with E-state index in [2.05, 4.69) is 26.2 Å². The van der Waals surface area contributed by atoms with Gasteiger partial charge in [0.25, 0.3) is 0 Å². The molecule has 0 saturated carbocycles. The van der Waals surface area contributed by atoms with Crippen molar-refractivity contribution in [3.63, 3.8) is 0 Å².